The van der Waals surface area contributed by atoms with Gasteiger partial charge < -0.3 is 54.0 Å². The Bertz CT molecular complexity index is 1100. The second-order valence-electron chi connectivity index (χ2n) is 15.1. The maximum absolute atomic E-state index is 13.9. The van der Waals surface area contributed by atoms with E-state index < -0.39 is 84.3 Å². The van der Waals surface area contributed by atoms with Crippen LogP contribution in [0.2, 0.25) is 0 Å². The van der Waals surface area contributed by atoms with Crippen LogP contribution in [0, 0.1) is 17.8 Å². The molecule has 16 atom stereocenters. The van der Waals surface area contributed by atoms with Crippen LogP contribution in [-0.2, 0) is 38.0 Å². The summed E-state index contributed by atoms with van der Waals surface area (Å²) < 4.78 is 44.7. The third kappa shape index (κ3) is 7.30. The highest BCUT2D eigenvalue weighted by atomic mass is 16.7. The topological polar surface area (TPSA) is 151 Å². The van der Waals surface area contributed by atoms with Crippen LogP contribution in [0.1, 0.15) is 81.6 Å². The number of cyclic esters (lactones) is 1. The molecule has 4 rings (SSSR count). The Morgan fingerprint density at radius 3 is 2.28 bits per heavy atom. The van der Waals surface area contributed by atoms with Gasteiger partial charge in [-0.3, -0.25) is 4.79 Å². The third-order valence-electron chi connectivity index (χ3n) is 10.9. The zero-order chi connectivity index (χ0) is 34.5. The number of aliphatic hydroxyl groups is 2. The number of nitrogens with zero attached hydrogens (tertiary/aromatic N) is 1. The number of carbonyl (C=O) groups excluding carboxylic acids is 1. The van der Waals surface area contributed by atoms with Gasteiger partial charge >= 0.3 is 5.97 Å². The number of carbonyl (C=O) groups is 1. The molecule has 266 valence electrons. The predicted octanol–water partition coefficient (Wildman–Crippen LogP) is 2.72. The molecule has 0 spiro atoms. The maximum Gasteiger partial charge on any atom is 0.311 e. The minimum absolute atomic E-state index is 0.158. The quantitative estimate of drug-likeness (QED) is 0.346. The molecule has 4 aliphatic rings. The average molecular weight is 657 g/mol. The number of fused-ring (bicyclic) bond motifs is 2. The van der Waals surface area contributed by atoms with E-state index >= 15 is 0 Å². The zero-order valence-corrected chi connectivity index (χ0v) is 29.9. The molecule has 3 fully saturated rings. The molecule has 0 radical (unpaired) electrons. The summed E-state index contributed by atoms with van der Waals surface area (Å²) in [5, 5.41) is 22.3. The summed E-state index contributed by atoms with van der Waals surface area (Å²) >= 11 is 0. The Hall–Kier alpha value is -1.35. The van der Waals surface area contributed by atoms with Gasteiger partial charge in [0.15, 0.2) is 12.6 Å². The number of likely N-dealkylation sites (N-methyl/N-ethyl adjacent to an activating group) is 1. The van der Waals surface area contributed by atoms with E-state index in [1.807, 2.05) is 67.5 Å². The molecule has 7 unspecified atom stereocenters. The van der Waals surface area contributed by atoms with Gasteiger partial charge in [0.05, 0.1) is 35.7 Å². The molecule has 0 aromatic rings. The first-order valence-electron chi connectivity index (χ1n) is 16.9. The molecule has 0 aromatic heterocycles. The van der Waals surface area contributed by atoms with Crippen molar-refractivity contribution < 1.29 is 48.2 Å². The Morgan fingerprint density at radius 1 is 1.04 bits per heavy atom. The molecule has 4 aliphatic heterocycles. The van der Waals surface area contributed by atoms with Gasteiger partial charge in [0, 0.05) is 38.0 Å². The van der Waals surface area contributed by atoms with E-state index in [2.05, 4.69) is 0 Å². The summed E-state index contributed by atoms with van der Waals surface area (Å²) in [6.45, 7) is 17.1. The van der Waals surface area contributed by atoms with Crippen molar-refractivity contribution in [3.05, 3.63) is 11.3 Å². The lowest BCUT2D eigenvalue weighted by Gasteiger charge is -2.48. The number of hydrogen-bond donors (Lipinski definition) is 3. The van der Waals surface area contributed by atoms with E-state index in [1.165, 1.54) is 0 Å². The van der Waals surface area contributed by atoms with Gasteiger partial charge in [-0.1, -0.05) is 13.8 Å². The lowest BCUT2D eigenvalue weighted by atomic mass is 9.79. The molecule has 4 N–H and O–H groups in total. The molecule has 4 heterocycles. The van der Waals surface area contributed by atoms with E-state index in [0.717, 1.165) is 11.3 Å². The van der Waals surface area contributed by atoms with Crippen molar-refractivity contribution in [2.75, 3.05) is 21.2 Å². The molecule has 0 saturated carbocycles. The first-order valence-corrected chi connectivity index (χ1v) is 16.9. The van der Waals surface area contributed by atoms with Gasteiger partial charge in [-0.25, -0.2) is 0 Å². The molecular formula is C34H60N2O10. The van der Waals surface area contributed by atoms with Gasteiger partial charge in [-0.2, -0.15) is 0 Å². The van der Waals surface area contributed by atoms with Crippen molar-refractivity contribution >= 4 is 5.97 Å². The molecule has 12 nitrogen and oxygen atoms in total. The van der Waals surface area contributed by atoms with E-state index in [1.54, 1.807) is 21.0 Å². The summed E-state index contributed by atoms with van der Waals surface area (Å²) in [7, 11) is 5.42. The summed E-state index contributed by atoms with van der Waals surface area (Å²) in [5.74, 6) is -1.31. The highest BCUT2D eigenvalue weighted by Crippen LogP contribution is 2.47. The minimum Gasteiger partial charge on any atom is -0.488 e. The van der Waals surface area contributed by atoms with E-state index in [0.29, 0.717) is 12.8 Å². The van der Waals surface area contributed by atoms with Crippen molar-refractivity contribution in [2.45, 2.75) is 160 Å². The fourth-order valence-corrected chi connectivity index (χ4v) is 8.08. The number of hydrogen-bond acceptors (Lipinski definition) is 12. The van der Waals surface area contributed by atoms with Gasteiger partial charge in [-0.05, 0) is 74.6 Å². The minimum atomic E-state index is -0.950. The zero-order valence-electron chi connectivity index (χ0n) is 29.9. The normalized spacial score (nSPS) is 48.1. The lowest BCUT2D eigenvalue weighted by Crippen LogP contribution is -2.60. The number of methoxy groups -OCH3 is 1. The van der Waals surface area contributed by atoms with Gasteiger partial charge in [0.2, 0.25) is 0 Å². The predicted molar refractivity (Wildman–Crippen MR) is 170 cm³/mol. The van der Waals surface area contributed by atoms with Crippen molar-refractivity contribution in [1.82, 2.24) is 4.90 Å². The van der Waals surface area contributed by atoms with Crippen LogP contribution in [-0.4, -0.2) is 121 Å². The molecule has 3 saturated heterocycles. The van der Waals surface area contributed by atoms with Crippen molar-refractivity contribution in [3.8, 4) is 0 Å². The molecular weight excluding hydrogens is 596 g/mol. The standard InChI is InChI=1S/C34H60N2O10/c1-16-14-34(9)30(45-32-25(37)23(36(10)11)13-17(2)41-32)19(4)27(43-24-15-33(8,40-12)29(38)22(7)42-24)20(5)31(39)44-28(21(6)35)18(3)26(16)46-34/h17-25,27-30,32,37-38H,13-15,35H2,1-12H3/t17?,18-,19-,20+,21?,22?,23?,24-,25?,27-,28+,29-,30+,32-,33?,34?/m0/s1. The summed E-state index contributed by atoms with van der Waals surface area (Å²) in [5.41, 5.74) is 5.59. The van der Waals surface area contributed by atoms with Crippen molar-refractivity contribution in [1.29, 1.82) is 0 Å². The van der Waals surface area contributed by atoms with Crippen LogP contribution in [0.3, 0.4) is 0 Å². The molecule has 0 aliphatic carbocycles. The second kappa shape index (κ2) is 14.2. The Kier molecular flexibility index (Phi) is 11.6. The number of rotatable bonds is 7. The molecule has 2 bridgehead atoms. The fourth-order valence-electron chi connectivity index (χ4n) is 8.08. The van der Waals surface area contributed by atoms with Crippen LogP contribution in [0.5, 0.6) is 0 Å². The first kappa shape index (κ1) is 37.5. The number of ether oxygens (including phenoxy) is 7. The Morgan fingerprint density at radius 2 is 1.70 bits per heavy atom. The van der Waals surface area contributed by atoms with Crippen LogP contribution in [0.4, 0.5) is 0 Å². The van der Waals surface area contributed by atoms with Gasteiger partial charge in [0.1, 0.15) is 35.8 Å². The summed E-state index contributed by atoms with van der Waals surface area (Å²) in [6, 6.07) is -0.643. The molecule has 12 heteroatoms. The van der Waals surface area contributed by atoms with Crippen LogP contribution >= 0.6 is 0 Å². The van der Waals surface area contributed by atoms with Crippen LogP contribution in [0.15, 0.2) is 11.3 Å². The van der Waals surface area contributed by atoms with Crippen LogP contribution < -0.4 is 5.73 Å². The number of aliphatic hydroxyl groups excluding tert-OH is 2. The Balaban J connectivity index is 1.78. The van der Waals surface area contributed by atoms with Crippen LogP contribution in [0.25, 0.3) is 0 Å². The van der Waals surface area contributed by atoms with Gasteiger partial charge in [0.25, 0.3) is 0 Å². The largest absolute Gasteiger partial charge is 0.488 e. The number of nitrogens with two attached hydrogens (primary N) is 1. The third-order valence-corrected chi connectivity index (χ3v) is 10.9. The summed E-state index contributed by atoms with van der Waals surface area (Å²) in [6.07, 6.45) is -5.00. The van der Waals surface area contributed by atoms with E-state index in [-0.39, 0.29) is 24.5 Å². The highest BCUT2D eigenvalue weighted by molar-refractivity contribution is 5.73. The molecule has 46 heavy (non-hydrogen) atoms. The number of esters is 1. The van der Waals surface area contributed by atoms with Crippen molar-refractivity contribution in [3.63, 3.8) is 0 Å². The molecule has 0 amide bonds. The second-order valence-corrected chi connectivity index (χ2v) is 15.1. The lowest BCUT2D eigenvalue weighted by molar-refractivity contribution is -0.316. The average Bonchev–Trinajstić information content (AvgIpc) is 3.29. The van der Waals surface area contributed by atoms with Crippen molar-refractivity contribution in [2.24, 2.45) is 23.5 Å². The Labute approximate surface area is 275 Å². The first-order chi connectivity index (χ1) is 21.3. The molecule has 0 aromatic carbocycles. The van der Waals surface area contributed by atoms with E-state index in [9.17, 15) is 15.0 Å². The monoisotopic (exact) mass is 656 g/mol. The maximum atomic E-state index is 13.9. The SMILES string of the molecule is COC1(C)C[C@H](O[C@H]2[C@H](C)[C@@H](O[C@@H]3OC(C)CC(N(C)C)C3O)C3(C)CC(C)=C(O3)[C@H](C)[C@H](C(C)N)OC(=O)[C@@H]2C)OC(C)[C@@H]1O. The van der Waals surface area contributed by atoms with Gasteiger partial charge in [-0.15, -0.1) is 0 Å². The summed E-state index contributed by atoms with van der Waals surface area (Å²) in [4.78, 5) is 15.9. The fraction of sp³-hybridized carbons (Fsp3) is 0.912. The van der Waals surface area contributed by atoms with E-state index in [4.69, 9.17) is 38.9 Å². The highest BCUT2D eigenvalue weighted by Gasteiger charge is 2.55. The smallest absolute Gasteiger partial charge is 0.311 e.